The Morgan fingerprint density at radius 3 is 2.08 bits per heavy atom. The molecule has 72 valence electrons. The first-order valence-electron chi connectivity index (χ1n) is 3.51. The van der Waals surface area contributed by atoms with Crippen LogP contribution >= 0.6 is 11.6 Å². The van der Waals surface area contributed by atoms with Crippen LogP contribution in [0, 0.1) is 0 Å². The van der Waals surface area contributed by atoms with Crippen LogP contribution in [-0.2, 0) is 4.74 Å². The van der Waals surface area contributed by atoms with Crippen LogP contribution in [0.2, 0.25) is 0 Å². The van der Waals surface area contributed by atoms with Gasteiger partial charge < -0.3 is 25.2 Å². The summed E-state index contributed by atoms with van der Waals surface area (Å²) in [5, 5.41) is 36.3. The van der Waals surface area contributed by atoms with Gasteiger partial charge in [-0.2, -0.15) is 0 Å². The zero-order chi connectivity index (χ0) is 9.30. The number of alkyl halides is 1. The Balaban J connectivity index is 2.63. The van der Waals surface area contributed by atoms with E-state index in [0.717, 1.165) is 0 Å². The molecule has 1 unspecified atom stereocenters. The fourth-order valence-electron chi connectivity index (χ4n) is 1.06. The first-order chi connectivity index (χ1) is 5.57. The standard InChI is InChI=1S/C6H11ClO5/c7-1-2-3(8)4(9)5(10)6(11)12-2/h2-6,8-11H,1H2/t2-,3+,4+,5-,6?/m1/s1. The Bertz CT molecular complexity index is 150. The molecule has 1 fully saturated rings. The molecule has 0 aromatic carbocycles. The molecule has 0 radical (unpaired) electrons. The van der Waals surface area contributed by atoms with Crippen molar-refractivity contribution in [1.29, 1.82) is 0 Å². The Morgan fingerprint density at radius 2 is 1.58 bits per heavy atom. The van der Waals surface area contributed by atoms with Gasteiger partial charge in [-0.05, 0) is 0 Å². The van der Waals surface area contributed by atoms with Crippen molar-refractivity contribution < 1.29 is 25.2 Å². The van der Waals surface area contributed by atoms with Crippen molar-refractivity contribution in [3.8, 4) is 0 Å². The van der Waals surface area contributed by atoms with Gasteiger partial charge in [0.15, 0.2) is 6.29 Å². The molecular formula is C6H11ClO5. The fraction of sp³-hybridized carbons (Fsp3) is 1.00. The van der Waals surface area contributed by atoms with Crippen LogP contribution < -0.4 is 0 Å². The lowest BCUT2D eigenvalue weighted by Crippen LogP contribution is -2.57. The molecule has 1 aliphatic heterocycles. The number of hydrogen-bond donors (Lipinski definition) is 4. The van der Waals surface area contributed by atoms with Gasteiger partial charge in [-0.15, -0.1) is 11.6 Å². The van der Waals surface area contributed by atoms with Crippen LogP contribution in [0.1, 0.15) is 0 Å². The Labute approximate surface area is 74.2 Å². The Kier molecular flexibility index (Phi) is 3.28. The highest BCUT2D eigenvalue weighted by Gasteiger charge is 2.42. The summed E-state index contributed by atoms with van der Waals surface area (Å²) >= 11 is 5.36. The Hall–Kier alpha value is 0.0900. The number of aliphatic hydroxyl groups excluding tert-OH is 4. The number of hydrogen-bond acceptors (Lipinski definition) is 5. The van der Waals surface area contributed by atoms with E-state index in [1.54, 1.807) is 0 Å². The van der Waals surface area contributed by atoms with Crippen LogP contribution in [-0.4, -0.2) is 57.0 Å². The molecule has 1 saturated heterocycles. The van der Waals surface area contributed by atoms with Gasteiger partial charge in [0.2, 0.25) is 0 Å². The summed E-state index contributed by atoms with van der Waals surface area (Å²) in [6.45, 7) is 0. The number of rotatable bonds is 1. The van der Waals surface area contributed by atoms with Gasteiger partial charge in [0.25, 0.3) is 0 Å². The molecule has 5 atom stereocenters. The van der Waals surface area contributed by atoms with Crippen molar-refractivity contribution in [2.24, 2.45) is 0 Å². The van der Waals surface area contributed by atoms with Crippen LogP contribution in [0.4, 0.5) is 0 Å². The average Bonchev–Trinajstić information content (AvgIpc) is 2.08. The molecule has 12 heavy (non-hydrogen) atoms. The van der Waals surface area contributed by atoms with E-state index in [2.05, 4.69) is 0 Å². The molecule has 4 N–H and O–H groups in total. The number of halogens is 1. The zero-order valence-electron chi connectivity index (χ0n) is 6.17. The first-order valence-corrected chi connectivity index (χ1v) is 4.05. The maximum atomic E-state index is 9.20. The van der Waals surface area contributed by atoms with Crippen molar-refractivity contribution in [3.05, 3.63) is 0 Å². The summed E-state index contributed by atoms with van der Waals surface area (Å²) in [6, 6.07) is 0. The molecular weight excluding hydrogens is 188 g/mol. The maximum absolute atomic E-state index is 9.20. The van der Waals surface area contributed by atoms with Crippen molar-refractivity contribution in [1.82, 2.24) is 0 Å². The van der Waals surface area contributed by atoms with Gasteiger partial charge in [0.05, 0.1) is 5.88 Å². The molecule has 1 rings (SSSR count). The molecule has 0 bridgehead atoms. The minimum atomic E-state index is -1.49. The molecule has 6 heteroatoms. The highest BCUT2D eigenvalue weighted by atomic mass is 35.5. The maximum Gasteiger partial charge on any atom is 0.184 e. The fourth-order valence-corrected chi connectivity index (χ4v) is 1.31. The highest BCUT2D eigenvalue weighted by Crippen LogP contribution is 2.20. The second kappa shape index (κ2) is 3.87. The van der Waals surface area contributed by atoms with Crippen molar-refractivity contribution >= 4 is 11.6 Å². The third-order valence-electron chi connectivity index (χ3n) is 1.84. The van der Waals surface area contributed by atoms with Crippen LogP contribution in [0.15, 0.2) is 0 Å². The second-order valence-electron chi connectivity index (χ2n) is 2.69. The topological polar surface area (TPSA) is 90.2 Å². The van der Waals surface area contributed by atoms with E-state index in [1.165, 1.54) is 0 Å². The average molecular weight is 199 g/mol. The van der Waals surface area contributed by atoms with Crippen molar-refractivity contribution in [2.45, 2.75) is 30.7 Å². The van der Waals surface area contributed by atoms with Gasteiger partial charge in [-0.25, -0.2) is 0 Å². The lowest BCUT2D eigenvalue weighted by atomic mass is 10.0. The summed E-state index contributed by atoms with van der Waals surface area (Å²) in [5.41, 5.74) is 0. The third-order valence-corrected chi connectivity index (χ3v) is 2.14. The van der Waals surface area contributed by atoms with Gasteiger partial charge in [-0.3, -0.25) is 0 Å². The van der Waals surface area contributed by atoms with E-state index in [-0.39, 0.29) is 5.88 Å². The largest absolute Gasteiger partial charge is 0.388 e. The zero-order valence-corrected chi connectivity index (χ0v) is 6.92. The van der Waals surface area contributed by atoms with E-state index in [9.17, 15) is 5.11 Å². The molecule has 0 spiro atoms. The molecule has 0 aliphatic carbocycles. The van der Waals surface area contributed by atoms with E-state index in [0.29, 0.717) is 0 Å². The van der Waals surface area contributed by atoms with Gasteiger partial charge in [-0.1, -0.05) is 0 Å². The monoisotopic (exact) mass is 198 g/mol. The number of ether oxygens (including phenoxy) is 1. The van der Waals surface area contributed by atoms with E-state index >= 15 is 0 Å². The molecule has 0 amide bonds. The van der Waals surface area contributed by atoms with E-state index in [4.69, 9.17) is 31.7 Å². The summed E-state index contributed by atoms with van der Waals surface area (Å²) in [5.74, 6) is -0.0536. The molecule has 1 heterocycles. The molecule has 0 saturated carbocycles. The van der Waals surface area contributed by atoms with Crippen LogP contribution in [0.25, 0.3) is 0 Å². The quantitative estimate of drug-likeness (QED) is 0.367. The number of aliphatic hydroxyl groups is 4. The minimum Gasteiger partial charge on any atom is -0.388 e. The van der Waals surface area contributed by atoms with Gasteiger partial charge in [0, 0.05) is 0 Å². The third kappa shape index (κ3) is 1.71. The molecule has 1 aliphatic rings. The SMILES string of the molecule is OC1O[C@H](CCl)[C@H](O)[C@H](O)[C@H]1O. The second-order valence-corrected chi connectivity index (χ2v) is 3.00. The normalized spacial score (nSPS) is 49.2. The summed E-state index contributed by atoms with van der Waals surface area (Å²) in [7, 11) is 0. The van der Waals surface area contributed by atoms with Gasteiger partial charge >= 0.3 is 0 Å². The minimum absolute atomic E-state index is 0.0536. The van der Waals surface area contributed by atoms with Crippen LogP contribution in [0.3, 0.4) is 0 Å². The van der Waals surface area contributed by atoms with E-state index < -0.39 is 30.7 Å². The lowest BCUT2D eigenvalue weighted by molar-refractivity contribution is -0.276. The Morgan fingerprint density at radius 1 is 1.00 bits per heavy atom. The molecule has 0 aromatic heterocycles. The summed E-state index contributed by atoms with van der Waals surface area (Å²) in [6.07, 6.45) is -6.51. The predicted molar refractivity (Wildman–Crippen MR) is 39.6 cm³/mol. The smallest absolute Gasteiger partial charge is 0.184 e. The van der Waals surface area contributed by atoms with Gasteiger partial charge in [0.1, 0.15) is 24.4 Å². The van der Waals surface area contributed by atoms with E-state index in [1.807, 2.05) is 0 Å². The predicted octanol–water partition coefficient (Wildman–Crippen LogP) is -1.97. The summed E-state index contributed by atoms with van der Waals surface area (Å²) < 4.78 is 4.69. The first kappa shape index (κ1) is 10.2. The van der Waals surface area contributed by atoms with Crippen molar-refractivity contribution in [3.63, 3.8) is 0 Å². The van der Waals surface area contributed by atoms with Crippen LogP contribution in [0.5, 0.6) is 0 Å². The summed E-state index contributed by atoms with van der Waals surface area (Å²) in [4.78, 5) is 0. The molecule has 5 nitrogen and oxygen atoms in total. The molecule has 0 aromatic rings. The van der Waals surface area contributed by atoms with Crippen molar-refractivity contribution in [2.75, 3.05) is 5.88 Å². The lowest BCUT2D eigenvalue weighted by Gasteiger charge is -2.37. The highest BCUT2D eigenvalue weighted by molar-refractivity contribution is 6.18.